The first-order chi connectivity index (χ1) is 12.6. The molecule has 0 N–H and O–H groups in total. The Morgan fingerprint density at radius 2 is 1.78 bits per heavy atom. The van der Waals surface area contributed by atoms with Gasteiger partial charge in [0.15, 0.2) is 6.61 Å². The summed E-state index contributed by atoms with van der Waals surface area (Å²) in [6, 6.07) is 11.5. The Labute approximate surface area is 158 Å². The van der Waals surface area contributed by atoms with E-state index in [1.807, 2.05) is 13.8 Å². The van der Waals surface area contributed by atoms with Crippen molar-refractivity contribution < 1.29 is 17.9 Å². The first-order valence-electron chi connectivity index (χ1n) is 8.71. The molecule has 0 bridgehead atoms. The fraction of sp³-hybridized carbons (Fsp3) is 0.318. The molecule has 144 valence electrons. The molecule has 1 atom stereocenters. The quantitative estimate of drug-likeness (QED) is 0.502. The zero-order chi connectivity index (χ0) is 20.0. The molecule has 0 amide bonds. The topological polar surface area (TPSA) is 22.1 Å². The van der Waals surface area contributed by atoms with Crippen molar-refractivity contribution in [3.63, 3.8) is 0 Å². The number of aromatic nitrogens is 1. The number of ether oxygens (including phenoxy) is 1. The van der Waals surface area contributed by atoms with E-state index < -0.39 is 12.8 Å². The van der Waals surface area contributed by atoms with Gasteiger partial charge in [0.05, 0.1) is 6.20 Å². The van der Waals surface area contributed by atoms with Gasteiger partial charge in [0.25, 0.3) is 0 Å². The van der Waals surface area contributed by atoms with Crippen LogP contribution in [-0.2, 0) is 6.42 Å². The summed E-state index contributed by atoms with van der Waals surface area (Å²) in [5.41, 5.74) is 5.21. The molecule has 0 saturated heterocycles. The van der Waals surface area contributed by atoms with Gasteiger partial charge in [-0.1, -0.05) is 55.5 Å². The molecule has 1 heterocycles. The molecule has 2 aromatic rings. The number of nitrogens with zero attached hydrogens (tertiary/aromatic N) is 1. The maximum absolute atomic E-state index is 12.2. The molecule has 0 spiro atoms. The van der Waals surface area contributed by atoms with E-state index in [1.165, 1.54) is 17.8 Å². The Morgan fingerprint density at radius 1 is 1.11 bits per heavy atom. The molecule has 0 aliphatic carbocycles. The third kappa shape index (κ3) is 6.93. The van der Waals surface area contributed by atoms with E-state index in [9.17, 15) is 13.2 Å². The minimum atomic E-state index is -4.35. The van der Waals surface area contributed by atoms with Crippen molar-refractivity contribution >= 4 is 5.57 Å². The lowest BCUT2D eigenvalue weighted by Crippen LogP contribution is -2.19. The first-order valence-corrected chi connectivity index (χ1v) is 8.71. The van der Waals surface area contributed by atoms with Crippen molar-refractivity contribution in [2.45, 2.75) is 38.8 Å². The van der Waals surface area contributed by atoms with Gasteiger partial charge in [-0.3, -0.25) is 4.98 Å². The van der Waals surface area contributed by atoms with Crippen molar-refractivity contribution in [2.75, 3.05) is 6.61 Å². The molecule has 5 heteroatoms. The fourth-order valence-electron chi connectivity index (χ4n) is 2.74. The molecule has 0 unspecified atom stereocenters. The monoisotopic (exact) mass is 375 g/mol. The molecule has 2 nitrogen and oxygen atoms in total. The zero-order valence-electron chi connectivity index (χ0n) is 15.6. The highest BCUT2D eigenvalue weighted by atomic mass is 19.4. The molecule has 2 rings (SSSR count). The van der Waals surface area contributed by atoms with Crippen molar-refractivity contribution in [2.24, 2.45) is 0 Å². The van der Waals surface area contributed by atoms with E-state index in [2.05, 4.69) is 47.1 Å². The minimum absolute atomic E-state index is 0.111. The normalized spacial score (nSPS) is 12.5. The second-order valence-electron chi connectivity index (χ2n) is 6.83. The highest BCUT2D eigenvalue weighted by molar-refractivity contribution is 5.61. The molecule has 1 aromatic carbocycles. The largest absolute Gasteiger partial charge is 0.483 e. The highest BCUT2D eigenvalue weighted by Crippen LogP contribution is 2.25. The molecule has 0 aliphatic heterocycles. The molecule has 0 fully saturated rings. The van der Waals surface area contributed by atoms with Gasteiger partial charge in [-0.2, -0.15) is 13.2 Å². The van der Waals surface area contributed by atoms with Crippen LogP contribution in [-0.4, -0.2) is 17.8 Å². The summed E-state index contributed by atoms with van der Waals surface area (Å²) in [5, 5.41) is 0. The van der Waals surface area contributed by atoms with Crippen LogP contribution in [0.5, 0.6) is 5.75 Å². The Balaban J connectivity index is 1.89. The van der Waals surface area contributed by atoms with Gasteiger partial charge in [0.2, 0.25) is 0 Å². The minimum Gasteiger partial charge on any atom is -0.483 e. The van der Waals surface area contributed by atoms with E-state index >= 15 is 0 Å². The summed E-state index contributed by atoms with van der Waals surface area (Å²) < 4.78 is 41.2. The van der Waals surface area contributed by atoms with Crippen LogP contribution in [0, 0.1) is 0 Å². The number of hydrogen-bond donors (Lipinski definition) is 0. The average Bonchev–Trinajstić information content (AvgIpc) is 2.60. The van der Waals surface area contributed by atoms with Gasteiger partial charge in [-0.15, -0.1) is 0 Å². The maximum Gasteiger partial charge on any atom is 0.422 e. The number of alkyl halides is 3. The van der Waals surface area contributed by atoms with Crippen molar-refractivity contribution in [1.82, 2.24) is 4.98 Å². The van der Waals surface area contributed by atoms with Gasteiger partial charge in [0.1, 0.15) is 5.75 Å². The number of benzene rings is 1. The van der Waals surface area contributed by atoms with Crippen LogP contribution in [0.25, 0.3) is 5.57 Å². The van der Waals surface area contributed by atoms with E-state index in [0.29, 0.717) is 0 Å². The summed E-state index contributed by atoms with van der Waals surface area (Å²) in [6.07, 6.45) is -1.51. The third-order valence-corrected chi connectivity index (χ3v) is 4.16. The van der Waals surface area contributed by atoms with Gasteiger partial charge in [0, 0.05) is 11.6 Å². The molecular weight excluding hydrogens is 351 g/mol. The Morgan fingerprint density at radius 3 is 2.30 bits per heavy atom. The fourth-order valence-corrected chi connectivity index (χ4v) is 2.74. The van der Waals surface area contributed by atoms with Crippen LogP contribution in [0.4, 0.5) is 13.2 Å². The number of hydrogen-bond acceptors (Lipinski definition) is 2. The van der Waals surface area contributed by atoms with E-state index in [0.717, 1.165) is 35.2 Å². The summed E-state index contributed by atoms with van der Waals surface area (Å²) in [6.45, 7) is 10.8. The summed E-state index contributed by atoms with van der Waals surface area (Å²) in [5.74, 6) is 0.226. The zero-order valence-corrected chi connectivity index (χ0v) is 15.6. The number of pyridine rings is 1. The van der Waals surface area contributed by atoms with Crippen LogP contribution < -0.4 is 4.74 Å². The van der Waals surface area contributed by atoms with Gasteiger partial charge < -0.3 is 4.74 Å². The van der Waals surface area contributed by atoms with E-state index in [1.54, 1.807) is 6.07 Å². The Bertz CT molecular complexity index is 777. The molecule has 0 saturated carbocycles. The summed E-state index contributed by atoms with van der Waals surface area (Å²) in [4.78, 5) is 4.23. The Hall–Kier alpha value is -2.56. The van der Waals surface area contributed by atoms with E-state index in [-0.39, 0.29) is 11.7 Å². The Kier molecular flexibility index (Phi) is 6.83. The van der Waals surface area contributed by atoms with Crippen molar-refractivity contribution in [1.29, 1.82) is 0 Å². The smallest absolute Gasteiger partial charge is 0.422 e. The van der Waals surface area contributed by atoms with Crippen LogP contribution >= 0.6 is 0 Å². The molecule has 0 aliphatic rings. The number of halogens is 3. The lowest BCUT2D eigenvalue weighted by molar-refractivity contribution is -0.153. The number of rotatable bonds is 8. The predicted octanol–water partition coefficient (Wildman–Crippen LogP) is 6.35. The third-order valence-electron chi connectivity index (χ3n) is 4.16. The van der Waals surface area contributed by atoms with Crippen LogP contribution in [0.3, 0.4) is 0 Å². The molecule has 0 radical (unpaired) electrons. The van der Waals surface area contributed by atoms with E-state index in [4.69, 9.17) is 0 Å². The number of allylic oxidation sites excluding steroid dienone is 2. The first kappa shape index (κ1) is 20.7. The lowest BCUT2D eigenvalue weighted by Gasteiger charge is -2.14. The van der Waals surface area contributed by atoms with Crippen LogP contribution in [0.1, 0.15) is 43.0 Å². The molecule has 27 heavy (non-hydrogen) atoms. The summed E-state index contributed by atoms with van der Waals surface area (Å²) in [7, 11) is 0. The van der Waals surface area contributed by atoms with Gasteiger partial charge >= 0.3 is 6.18 Å². The van der Waals surface area contributed by atoms with Crippen LogP contribution in [0.15, 0.2) is 61.3 Å². The molecule has 1 aromatic heterocycles. The SMILES string of the molecule is C=C(Cc1ccc(C(=C)C)cc1)C[C@H](C)c1ccc(OCC(F)(F)F)cn1. The maximum atomic E-state index is 12.2. The molecular formula is C22H24F3NO. The van der Waals surface area contributed by atoms with Crippen LogP contribution in [0.2, 0.25) is 0 Å². The predicted molar refractivity (Wildman–Crippen MR) is 103 cm³/mol. The van der Waals surface area contributed by atoms with Gasteiger partial charge in [-0.05, 0) is 43.0 Å². The van der Waals surface area contributed by atoms with Crippen molar-refractivity contribution in [3.05, 3.63) is 78.1 Å². The standard InChI is InChI=1S/C22H24F3NO/c1-15(2)19-7-5-18(6-8-19)12-16(3)11-17(4)21-10-9-20(13-26-21)27-14-22(23,24)25/h5-10,13,17H,1,3,11-12,14H2,2,4H3/t17-/m0/s1. The lowest BCUT2D eigenvalue weighted by atomic mass is 9.94. The summed E-state index contributed by atoms with van der Waals surface area (Å²) >= 11 is 0. The van der Waals surface area contributed by atoms with Gasteiger partial charge in [-0.25, -0.2) is 0 Å². The average molecular weight is 375 g/mol. The second-order valence-corrected chi connectivity index (χ2v) is 6.83. The van der Waals surface area contributed by atoms with Crippen molar-refractivity contribution in [3.8, 4) is 5.75 Å². The second kappa shape index (κ2) is 8.89. The highest BCUT2D eigenvalue weighted by Gasteiger charge is 2.28.